The van der Waals surface area contributed by atoms with Crippen molar-refractivity contribution in [2.24, 2.45) is 0 Å². The van der Waals surface area contributed by atoms with Crippen LogP contribution in [-0.4, -0.2) is 25.9 Å². The number of rotatable bonds is 10. The van der Waals surface area contributed by atoms with E-state index in [2.05, 4.69) is 38.4 Å². The van der Waals surface area contributed by atoms with Crippen LogP contribution < -0.4 is 0 Å². The molecule has 2 heteroatoms. The third kappa shape index (κ3) is 6.69. The van der Waals surface area contributed by atoms with E-state index in [1.165, 1.54) is 57.7 Å². The molecule has 0 spiro atoms. The Hall–Kier alpha value is 0.177. The molecule has 0 atom stereocenters. The van der Waals surface area contributed by atoms with Gasteiger partial charge in [0.25, 0.3) is 0 Å². The van der Waals surface area contributed by atoms with E-state index in [9.17, 15) is 0 Å². The fraction of sp³-hybridized carbons (Fsp3) is 1.00. The Morgan fingerprint density at radius 2 is 1.25 bits per heavy atom. The highest BCUT2D eigenvalue weighted by molar-refractivity contribution is 6.74. The number of nitrogens with zero attached hydrogens (tertiary/aromatic N) is 1. The Balaban J connectivity index is 3.64. The van der Waals surface area contributed by atoms with Crippen LogP contribution in [0.3, 0.4) is 0 Å². The van der Waals surface area contributed by atoms with Crippen LogP contribution in [0.4, 0.5) is 0 Å². The monoisotopic (exact) mass is 243 g/mol. The molecule has 0 aromatic rings. The molecule has 98 valence electrons. The summed E-state index contributed by atoms with van der Waals surface area (Å²) in [5.41, 5.74) is 0. The van der Waals surface area contributed by atoms with Gasteiger partial charge < -0.3 is 4.57 Å². The van der Waals surface area contributed by atoms with E-state index in [1.54, 1.807) is 0 Å². The summed E-state index contributed by atoms with van der Waals surface area (Å²) < 4.78 is 2.72. The molecule has 0 aromatic carbocycles. The van der Waals surface area contributed by atoms with Crippen molar-refractivity contribution in [3.05, 3.63) is 0 Å². The lowest BCUT2D eigenvalue weighted by atomic mass is 10.1. The summed E-state index contributed by atoms with van der Waals surface area (Å²) in [6.07, 6.45) is 8.61. The lowest BCUT2D eigenvalue weighted by Gasteiger charge is -2.35. The van der Waals surface area contributed by atoms with Gasteiger partial charge >= 0.3 is 0 Å². The van der Waals surface area contributed by atoms with E-state index in [0.717, 1.165) is 0 Å². The minimum atomic E-state index is -1.07. The number of hydrogen-bond donors (Lipinski definition) is 0. The molecule has 0 aromatic heterocycles. The molecule has 0 saturated heterocycles. The minimum Gasteiger partial charge on any atom is -0.324 e. The summed E-state index contributed by atoms with van der Waals surface area (Å²) in [5.74, 6) is 0. The molecule has 0 bridgehead atoms. The molecule has 0 rings (SSSR count). The van der Waals surface area contributed by atoms with Gasteiger partial charge in [-0.3, -0.25) is 0 Å². The Kier molecular flexibility index (Phi) is 9.33. The fourth-order valence-electron chi connectivity index (χ4n) is 2.58. The smallest absolute Gasteiger partial charge is 0.122 e. The van der Waals surface area contributed by atoms with Crippen molar-refractivity contribution in [2.75, 3.05) is 13.1 Å². The third-order valence-corrected chi connectivity index (χ3v) is 7.68. The molecule has 0 N–H and O–H groups in total. The average Bonchev–Trinajstić information content (AvgIpc) is 2.24. The largest absolute Gasteiger partial charge is 0.324 e. The molecule has 1 nitrogen and oxygen atoms in total. The zero-order chi connectivity index (χ0) is 12.4. The van der Waals surface area contributed by atoms with E-state index >= 15 is 0 Å². The van der Waals surface area contributed by atoms with E-state index in [1.807, 2.05) is 0 Å². The van der Waals surface area contributed by atoms with Crippen LogP contribution in [0.25, 0.3) is 0 Å². The van der Waals surface area contributed by atoms with Gasteiger partial charge in [-0.2, -0.15) is 0 Å². The second-order valence-corrected chi connectivity index (χ2v) is 10.3. The SMILES string of the molecule is CCCCCCCC[Si](C)(C)N(CC)CC. The van der Waals surface area contributed by atoms with Crippen molar-refractivity contribution in [3.63, 3.8) is 0 Å². The van der Waals surface area contributed by atoms with Crippen LogP contribution in [0.2, 0.25) is 19.1 Å². The van der Waals surface area contributed by atoms with Crippen LogP contribution in [0.1, 0.15) is 59.3 Å². The van der Waals surface area contributed by atoms with Gasteiger partial charge in [0.05, 0.1) is 0 Å². The molecule has 0 heterocycles. The number of hydrogen-bond acceptors (Lipinski definition) is 1. The topological polar surface area (TPSA) is 3.24 Å². The average molecular weight is 244 g/mol. The normalized spacial score (nSPS) is 12.4. The van der Waals surface area contributed by atoms with Crippen molar-refractivity contribution < 1.29 is 0 Å². The number of unbranched alkanes of at least 4 members (excludes halogenated alkanes) is 5. The Morgan fingerprint density at radius 1 is 0.750 bits per heavy atom. The van der Waals surface area contributed by atoms with E-state index < -0.39 is 8.24 Å². The Morgan fingerprint density at radius 3 is 1.75 bits per heavy atom. The lowest BCUT2D eigenvalue weighted by molar-refractivity contribution is 0.461. The summed E-state index contributed by atoms with van der Waals surface area (Å²) in [6.45, 7) is 14.4. The third-order valence-electron chi connectivity index (χ3n) is 3.76. The quantitative estimate of drug-likeness (QED) is 0.390. The molecule has 0 aliphatic rings. The van der Waals surface area contributed by atoms with Crippen molar-refractivity contribution in [3.8, 4) is 0 Å². The first kappa shape index (κ1) is 16.2. The lowest BCUT2D eigenvalue weighted by Crippen LogP contribution is -2.48. The first-order valence-corrected chi connectivity index (χ1v) is 10.5. The highest BCUT2D eigenvalue weighted by Gasteiger charge is 2.26. The first-order valence-electron chi connectivity index (χ1n) is 7.33. The molecule has 0 aliphatic carbocycles. The summed E-state index contributed by atoms with van der Waals surface area (Å²) in [5, 5.41) is 0. The molecular weight excluding hydrogens is 210 g/mol. The van der Waals surface area contributed by atoms with Crippen molar-refractivity contribution in [2.45, 2.75) is 78.4 Å². The van der Waals surface area contributed by atoms with Crippen LogP contribution in [0.15, 0.2) is 0 Å². The first-order chi connectivity index (χ1) is 7.58. The molecule has 0 unspecified atom stereocenters. The standard InChI is InChI=1S/C14H33NSi/c1-6-9-10-11-12-13-14-16(4,5)15(7-2)8-3/h6-14H2,1-5H3. The van der Waals surface area contributed by atoms with Gasteiger partial charge in [0.2, 0.25) is 0 Å². The van der Waals surface area contributed by atoms with E-state index in [0.29, 0.717) is 0 Å². The zero-order valence-corrected chi connectivity index (χ0v) is 13.3. The second-order valence-electron chi connectivity index (χ2n) is 5.50. The summed E-state index contributed by atoms with van der Waals surface area (Å²) >= 11 is 0. The molecule has 0 saturated carbocycles. The predicted octanol–water partition coefficient (Wildman–Crippen LogP) is 4.89. The molecule has 16 heavy (non-hydrogen) atoms. The molecule has 0 amide bonds. The van der Waals surface area contributed by atoms with E-state index in [4.69, 9.17) is 0 Å². The van der Waals surface area contributed by atoms with Gasteiger partial charge in [-0.1, -0.05) is 72.4 Å². The molecule has 0 aliphatic heterocycles. The van der Waals surface area contributed by atoms with Crippen LogP contribution in [-0.2, 0) is 0 Å². The second kappa shape index (κ2) is 9.23. The minimum absolute atomic E-state index is 1.07. The maximum absolute atomic E-state index is 2.72. The van der Waals surface area contributed by atoms with Crippen LogP contribution in [0.5, 0.6) is 0 Å². The highest BCUT2D eigenvalue weighted by Crippen LogP contribution is 2.19. The maximum atomic E-state index is 2.72. The predicted molar refractivity (Wildman–Crippen MR) is 78.6 cm³/mol. The van der Waals surface area contributed by atoms with Crippen molar-refractivity contribution in [1.82, 2.24) is 4.57 Å². The zero-order valence-electron chi connectivity index (χ0n) is 12.3. The van der Waals surface area contributed by atoms with Gasteiger partial charge in [-0.15, -0.1) is 0 Å². The van der Waals surface area contributed by atoms with Gasteiger partial charge in [0, 0.05) is 0 Å². The molecule has 0 fully saturated rings. The maximum Gasteiger partial charge on any atom is 0.122 e. The van der Waals surface area contributed by atoms with Crippen molar-refractivity contribution >= 4 is 8.24 Å². The Bertz CT molecular complexity index is 153. The highest BCUT2D eigenvalue weighted by atomic mass is 28.3. The molecular formula is C14H33NSi. The van der Waals surface area contributed by atoms with Crippen LogP contribution in [0, 0.1) is 0 Å². The summed E-state index contributed by atoms with van der Waals surface area (Å²) in [7, 11) is -1.07. The van der Waals surface area contributed by atoms with Gasteiger partial charge in [-0.05, 0) is 19.1 Å². The van der Waals surface area contributed by atoms with Gasteiger partial charge in [0.15, 0.2) is 0 Å². The summed E-state index contributed by atoms with van der Waals surface area (Å²) in [4.78, 5) is 0. The van der Waals surface area contributed by atoms with E-state index in [-0.39, 0.29) is 0 Å². The molecule has 0 radical (unpaired) electrons. The van der Waals surface area contributed by atoms with Gasteiger partial charge in [0.1, 0.15) is 8.24 Å². The fourth-order valence-corrected chi connectivity index (χ4v) is 5.72. The summed E-state index contributed by atoms with van der Waals surface area (Å²) in [6, 6.07) is 1.49. The van der Waals surface area contributed by atoms with Gasteiger partial charge in [-0.25, -0.2) is 0 Å². The Labute approximate surface area is 105 Å². The van der Waals surface area contributed by atoms with Crippen molar-refractivity contribution in [1.29, 1.82) is 0 Å². The van der Waals surface area contributed by atoms with Crippen LogP contribution >= 0.6 is 0 Å².